The van der Waals surface area contributed by atoms with E-state index < -0.39 is 5.60 Å². The van der Waals surface area contributed by atoms with Crippen molar-refractivity contribution >= 4 is 5.97 Å². The van der Waals surface area contributed by atoms with Crippen LogP contribution in [0.5, 0.6) is 0 Å². The number of esters is 1. The summed E-state index contributed by atoms with van der Waals surface area (Å²) in [6.07, 6.45) is 5.75. The minimum absolute atomic E-state index is 0.116. The van der Waals surface area contributed by atoms with Crippen LogP contribution < -0.4 is 5.32 Å². The van der Waals surface area contributed by atoms with Gasteiger partial charge in [0.15, 0.2) is 0 Å². The molecule has 1 atom stereocenters. The smallest absolute Gasteiger partial charge is 0.323 e. The highest BCUT2D eigenvalue weighted by Gasteiger charge is 2.40. The molecule has 0 aromatic rings. The largest absolute Gasteiger partial charge is 0.459 e. The van der Waals surface area contributed by atoms with Crippen molar-refractivity contribution in [3.05, 3.63) is 0 Å². The second kappa shape index (κ2) is 5.41. The molecule has 1 saturated heterocycles. The number of rotatable bonds is 1. The Hall–Kier alpha value is -0.610. The maximum absolute atomic E-state index is 12.0. The lowest BCUT2D eigenvalue weighted by atomic mass is 9.68. The maximum Gasteiger partial charge on any atom is 0.323 e. The second-order valence-corrected chi connectivity index (χ2v) is 7.24. The van der Waals surface area contributed by atoms with Gasteiger partial charge in [-0.3, -0.25) is 4.79 Å². The topological polar surface area (TPSA) is 58.6 Å². The zero-order chi connectivity index (χ0) is 14.1. The second-order valence-electron chi connectivity index (χ2n) is 7.24. The Bertz CT molecular complexity index is 317. The molecule has 19 heavy (non-hydrogen) atoms. The number of ether oxygens (including phenoxy) is 1. The average Bonchev–Trinajstić information content (AvgIpc) is 2.32. The molecule has 4 heteroatoms. The molecule has 0 amide bonds. The molecule has 1 spiro atoms. The Morgan fingerprint density at radius 1 is 1.21 bits per heavy atom. The van der Waals surface area contributed by atoms with E-state index in [2.05, 4.69) is 5.32 Å². The van der Waals surface area contributed by atoms with Crippen LogP contribution in [0.2, 0.25) is 0 Å². The third kappa shape index (κ3) is 3.93. The predicted octanol–water partition coefficient (Wildman–Crippen LogP) is 2.00. The highest BCUT2D eigenvalue weighted by molar-refractivity contribution is 5.76. The summed E-state index contributed by atoms with van der Waals surface area (Å²) in [6, 6.07) is -0.156. The lowest BCUT2D eigenvalue weighted by Crippen LogP contribution is -2.52. The minimum Gasteiger partial charge on any atom is -0.459 e. The highest BCUT2D eigenvalue weighted by Crippen LogP contribution is 2.42. The summed E-state index contributed by atoms with van der Waals surface area (Å²) in [4.78, 5) is 12.0. The lowest BCUT2D eigenvalue weighted by Gasteiger charge is -2.44. The Kier molecular flexibility index (Phi) is 4.21. The van der Waals surface area contributed by atoms with E-state index in [0.29, 0.717) is 5.41 Å². The number of carbonyl (C=O) groups is 1. The van der Waals surface area contributed by atoms with Crippen LogP contribution in [0.25, 0.3) is 0 Å². The predicted molar refractivity (Wildman–Crippen MR) is 73.8 cm³/mol. The first-order chi connectivity index (χ1) is 8.80. The molecule has 1 saturated carbocycles. The van der Waals surface area contributed by atoms with E-state index in [1.165, 1.54) is 0 Å². The molecule has 2 aliphatic rings. The number of hydrogen-bond donors (Lipinski definition) is 2. The molecule has 0 radical (unpaired) electrons. The molecule has 2 rings (SSSR count). The number of aliphatic hydroxyl groups excluding tert-OH is 1. The van der Waals surface area contributed by atoms with Gasteiger partial charge >= 0.3 is 5.97 Å². The van der Waals surface area contributed by atoms with Crippen molar-refractivity contribution < 1.29 is 14.6 Å². The third-order valence-corrected chi connectivity index (χ3v) is 4.39. The van der Waals surface area contributed by atoms with Crippen molar-refractivity contribution in [2.24, 2.45) is 5.41 Å². The third-order valence-electron chi connectivity index (χ3n) is 4.39. The summed E-state index contributed by atoms with van der Waals surface area (Å²) in [5.41, 5.74) is -0.111. The van der Waals surface area contributed by atoms with Gasteiger partial charge in [-0.15, -0.1) is 0 Å². The first-order valence-electron chi connectivity index (χ1n) is 7.44. The van der Waals surface area contributed by atoms with E-state index in [1.807, 2.05) is 20.8 Å². The normalized spacial score (nSPS) is 36.2. The van der Waals surface area contributed by atoms with Gasteiger partial charge in [-0.25, -0.2) is 0 Å². The van der Waals surface area contributed by atoms with Gasteiger partial charge in [0.2, 0.25) is 0 Å². The molecular weight excluding hydrogens is 242 g/mol. The Morgan fingerprint density at radius 3 is 2.26 bits per heavy atom. The van der Waals surface area contributed by atoms with Crippen LogP contribution in [0.4, 0.5) is 0 Å². The van der Waals surface area contributed by atoms with E-state index in [0.717, 1.165) is 45.1 Å². The molecule has 2 N–H and O–H groups in total. The van der Waals surface area contributed by atoms with Crippen LogP contribution in [0, 0.1) is 5.41 Å². The van der Waals surface area contributed by atoms with E-state index in [-0.39, 0.29) is 18.1 Å². The van der Waals surface area contributed by atoms with Gasteiger partial charge in [-0.1, -0.05) is 0 Å². The van der Waals surface area contributed by atoms with Crippen molar-refractivity contribution in [2.45, 2.75) is 77.0 Å². The molecule has 0 bridgehead atoms. The van der Waals surface area contributed by atoms with Gasteiger partial charge < -0.3 is 15.2 Å². The standard InChI is InChI=1S/C15H27NO3/c1-14(2,3)19-13(18)12-6-9-15(10-16-12)7-4-11(17)5-8-15/h11-12,16-17H,4-10H2,1-3H3. The van der Waals surface area contributed by atoms with Crippen LogP contribution in [0.15, 0.2) is 0 Å². The van der Waals surface area contributed by atoms with E-state index in [4.69, 9.17) is 4.74 Å². The summed E-state index contributed by atoms with van der Waals surface area (Å²) < 4.78 is 5.43. The molecule has 4 nitrogen and oxygen atoms in total. The van der Waals surface area contributed by atoms with Crippen molar-refractivity contribution in [3.8, 4) is 0 Å². The minimum atomic E-state index is -0.414. The first kappa shape index (κ1) is 14.8. The average molecular weight is 269 g/mol. The van der Waals surface area contributed by atoms with Crippen molar-refractivity contribution in [1.82, 2.24) is 5.32 Å². The summed E-state index contributed by atoms with van der Waals surface area (Å²) in [7, 11) is 0. The molecular formula is C15H27NO3. The molecule has 0 aromatic heterocycles. The van der Waals surface area contributed by atoms with Crippen LogP contribution in [-0.4, -0.2) is 35.4 Å². The Labute approximate surface area is 115 Å². The summed E-state index contributed by atoms with van der Waals surface area (Å²) >= 11 is 0. The SMILES string of the molecule is CC(C)(C)OC(=O)C1CCC2(CCC(O)CC2)CN1. The van der Waals surface area contributed by atoms with Gasteiger partial charge in [0.25, 0.3) is 0 Å². The fourth-order valence-corrected chi connectivity index (χ4v) is 3.20. The lowest BCUT2D eigenvalue weighted by molar-refractivity contribution is -0.159. The van der Waals surface area contributed by atoms with Crippen LogP contribution >= 0.6 is 0 Å². The van der Waals surface area contributed by atoms with E-state index >= 15 is 0 Å². The molecule has 0 aromatic carbocycles. The number of carbonyl (C=O) groups excluding carboxylic acids is 1. The summed E-state index contributed by atoms with van der Waals surface area (Å²) in [5, 5.41) is 13.0. The Morgan fingerprint density at radius 2 is 1.79 bits per heavy atom. The molecule has 1 aliphatic carbocycles. The van der Waals surface area contributed by atoms with Crippen LogP contribution in [0.3, 0.4) is 0 Å². The van der Waals surface area contributed by atoms with Gasteiger partial charge in [0, 0.05) is 6.54 Å². The molecule has 110 valence electrons. The fourth-order valence-electron chi connectivity index (χ4n) is 3.20. The van der Waals surface area contributed by atoms with Crippen LogP contribution in [0.1, 0.15) is 59.3 Å². The van der Waals surface area contributed by atoms with Crippen LogP contribution in [-0.2, 0) is 9.53 Å². The quantitative estimate of drug-likeness (QED) is 0.715. The number of hydrogen-bond acceptors (Lipinski definition) is 4. The number of piperidine rings is 1. The molecule has 2 fully saturated rings. The summed E-state index contributed by atoms with van der Waals surface area (Å²) in [6.45, 7) is 6.58. The fraction of sp³-hybridized carbons (Fsp3) is 0.933. The van der Waals surface area contributed by atoms with Crippen molar-refractivity contribution in [2.75, 3.05) is 6.54 Å². The first-order valence-corrected chi connectivity index (χ1v) is 7.44. The van der Waals surface area contributed by atoms with Gasteiger partial charge in [0.05, 0.1) is 6.10 Å². The zero-order valence-corrected chi connectivity index (χ0v) is 12.4. The Balaban J connectivity index is 1.84. The van der Waals surface area contributed by atoms with Gasteiger partial charge in [-0.2, -0.15) is 0 Å². The molecule has 1 aliphatic heterocycles. The molecule has 1 heterocycles. The van der Waals surface area contributed by atoms with Gasteiger partial charge in [-0.05, 0) is 64.7 Å². The monoisotopic (exact) mass is 269 g/mol. The number of nitrogens with one attached hydrogen (secondary N) is 1. The van der Waals surface area contributed by atoms with E-state index in [1.54, 1.807) is 0 Å². The maximum atomic E-state index is 12.0. The zero-order valence-electron chi connectivity index (χ0n) is 12.4. The highest BCUT2D eigenvalue weighted by atomic mass is 16.6. The summed E-state index contributed by atoms with van der Waals surface area (Å²) in [5.74, 6) is -0.127. The molecule has 1 unspecified atom stereocenters. The van der Waals surface area contributed by atoms with Gasteiger partial charge in [0.1, 0.15) is 11.6 Å². The number of aliphatic hydroxyl groups is 1. The van der Waals surface area contributed by atoms with Crippen molar-refractivity contribution in [1.29, 1.82) is 0 Å². The van der Waals surface area contributed by atoms with Crippen molar-refractivity contribution in [3.63, 3.8) is 0 Å². The van der Waals surface area contributed by atoms with E-state index in [9.17, 15) is 9.90 Å².